The van der Waals surface area contributed by atoms with E-state index in [1.54, 1.807) is 0 Å². The summed E-state index contributed by atoms with van der Waals surface area (Å²) >= 11 is 2.06. The second kappa shape index (κ2) is 5.47. The normalized spacial score (nSPS) is 29.2. The van der Waals surface area contributed by atoms with Crippen LogP contribution >= 0.6 is 11.8 Å². The zero-order valence-electron chi connectivity index (χ0n) is 11.7. The first-order valence-corrected chi connectivity index (χ1v) is 8.41. The molecule has 0 radical (unpaired) electrons. The Morgan fingerprint density at radius 2 is 2.21 bits per heavy atom. The van der Waals surface area contributed by atoms with E-state index < -0.39 is 0 Å². The van der Waals surface area contributed by atoms with E-state index in [-0.39, 0.29) is 10.8 Å². The molecule has 0 amide bonds. The van der Waals surface area contributed by atoms with Crippen molar-refractivity contribution in [3.05, 3.63) is 35.4 Å². The summed E-state index contributed by atoms with van der Waals surface area (Å²) in [6.07, 6.45) is 6.66. The maximum Gasteiger partial charge on any atom is 0.0604 e. The predicted molar refractivity (Wildman–Crippen MR) is 83.2 cm³/mol. The van der Waals surface area contributed by atoms with Crippen molar-refractivity contribution in [1.82, 2.24) is 5.43 Å². The average molecular weight is 276 g/mol. The summed E-state index contributed by atoms with van der Waals surface area (Å²) < 4.78 is 0.243. The molecule has 0 bridgehead atoms. The van der Waals surface area contributed by atoms with Crippen LogP contribution in [0.2, 0.25) is 0 Å². The summed E-state index contributed by atoms with van der Waals surface area (Å²) in [7, 11) is 0. The van der Waals surface area contributed by atoms with E-state index in [9.17, 15) is 0 Å². The molecule has 2 nitrogen and oxygen atoms in total. The summed E-state index contributed by atoms with van der Waals surface area (Å²) in [6.45, 7) is 2.35. The first kappa shape index (κ1) is 13.5. The lowest BCUT2D eigenvalue weighted by Gasteiger charge is -2.34. The first-order valence-electron chi connectivity index (χ1n) is 7.43. The number of nitrogens with two attached hydrogens (primary N) is 1. The van der Waals surface area contributed by atoms with E-state index in [1.165, 1.54) is 49.0 Å². The Balaban J connectivity index is 1.86. The van der Waals surface area contributed by atoms with E-state index >= 15 is 0 Å². The van der Waals surface area contributed by atoms with Gasteiger partial charge in [-0.15, -0.1) is 0 Å². The molecule has 0 aromatic heterocycles. The fourth-order valence-electron chi connectivity index (χ4n) is 3.39. The van der Waals surface area contributed by atoms with E-state index in [4.69, 9.17) is 5.84 Å². The van der Waals surface area contributed by atoms with Gasteiger partial charge in [0.1, 0.15) is 0 Å². The van der Waals surface area contributed by atoms with Gasteiger partial charge in [0.05, 0.1) is 6.04 Å². The molecule has 3 rings (SSSR count). The molecule has 1 aromatic rings. The van der Waals surface area contributed by atoms with Crippen molar-refractivity contribution in [3.63, 3.8) is 0 Å². The van der Waals surface area contributed by atoms with Crippen molar-refractivity contribution >= 4 is 11.8 Å². The molecule has 3 heteroatoms. The quantitative estimate of drug-likeness (QED) is 0.650. The average Bonchev–Trinajstić information content (AvgIpc) is 2.76. The van der Waals surface area contributed by atoms with Gasteiger partial charge >= 0.3 is 0 Å². The predicted octanol–water partition coefficient (Wildman–Crippen LogP) is 3.74. The minimum atomic E-state index is 0.243. The lowest BCUT2D eigenvalue weighted by atomic mass is 9.79. The third-order valence-electron chi connectivity index (χ3n) is 4.85. The maximum absolute atomic E-state index is 5.88. The third-order valence-corrected chi connectivity index (χ3v) is 6.44. The Hall–Kier alpha value is -0.510. The van der Waals surface area contributed by atoms with Gasteiger partial charge in [-0.1, -0.05) is 30.7 Å². The van der Waals surface area contributed by atoms with Gasteiger partial charge in [0.2, 0.25) is 0 Å². The molecule has 104 valence electrons. The highest BCUT2D eigenvalue weighted by Gasteiger charge is 2.38. The number of hydrazine groups is 1. The van der Waals surface area contributed by atoms with Gasteiger partial charge in [0.25, 0.3) is 0 Å². The summed E-state index contributed by atoms with van der Waals surface area (Å²) in [5.41, 5.74) is 5.96. The van der Waals surface area contributed by atoms with Crippen LogP contribution in [0.3, 0.4) is 0 Å². The fraction of sp³-hybridized carbons (Fsp3) is 0.625. The van der Waals surface area contributed by atoms with Crippen molar-refractivity contribution in [3.8, 4) is 0 Å². The van der Waals surface area contributed by atoms with Crippen LogP contribution in [0.1, 0.15) is 62.1 Å². The standard InChI is InChI=1S/C16H24N2S/c1-16(9-4-10-19-16)15(18-17)14-8-3-7-13(11-14)12-5-2-6-12/h3,7-8,11-12,15,18H,2,4-6,9-10,17H2,1H3. The summed E-state index contributed by atoms with van der Waals surface area (Å²) in [5, 5.41) is 0. The second-order valence-electron chi connectivity index (χ2n) is 6.16. The smallest absolute Gasteiger partial charge is 0.0604 e. The minimum absolute atomic E-state index is 0.243. The molecule has 1 aliphatic heterocycles. The molecule has 2 fully saturated rings. The first-order chi connectivity index (χ1) is 9.23. The SMILES string of the molecule is CC1(C(NN)c2cccc(C3CCC3)c2)CCCS1. The fourth-order valence-corrected chi connectivity index (χ4v) is 4.80. The topological polar surface area (TPSA) is 38.0 Å². The summed E-state index contributed by atoms with van der Waals surface area (Å²) in [6, 6.07) is 9.37. The number of hydrogen-bond acceptors (Lipinski definition) is 3. The third kappa shape index (κ3) is 2.56. The van der Waals surface area contributed by atoms with E-state index in [2.05, 4.69) is 48.4 Å². The van der Waals surface area contributed by atoms with Crippen LogP contribution in [0.15, 0.2) is 24.3 Å². The van der Waals surface area contributed by atoms with E-state index in [0.29, 0.717) is 0 Å². The van der Waals surface area contributed by atoms with Crippen LogP contribution in [0.5, 0.6) is 0 Å². The lowest BCUT2D eigenvalue weighted by Crippen LogP contribution is -2.41. The number of thioether (sulfide) groups is 1. The Bertz CT molecular complexity index is 436. The highest BCUT2D eigenvalue weighted by atomic mass is 32.2. The number of benzene rings is 1. The van der Waals surface area contributed by atoms with Crippen LogP contribution in [0.25, 0.3) is 0 Å². The van der Waals surface area contributed by atoms with E-state index in [1.807, 2.05) is 0 Å². The van der Waals surface area contributed by atoms with Crippen LogP contribution in [0.4, 0.5) is 0 Å². The Labute approximate surface area is 120 Å². The Kier molecular flexibility index (Phi) is 3.88. The molecule has 1 aromatic carbocycles. The largest absolute Gasteiger partial charge is 0.271 e. The molecular weight excluding hydrogens is 252 g/mol. The minimum Gasteiger partial charge on any atom is -0.271 e. The molecule has 1 heterocycles. The highest BCUT2D eigenvalue weighted by Crippen LogP contribution is 2.47. The Morgan fingerprint density at radius 3 is 2.79 bits per heavy atom. The lowest BCUT2D eigenvalue weighted by molar-refractivity contribution is 0.410. The van der Waals surface area contributed by atoms with E-state index in [0.717, 1.165) is 5.92 Å². The van der Waals surface area contributed by atoms with Gasteiger partial charge in [-0.05, 0) is 55.4 Å². The van der Waals surface area contributed by atoms with Gasteiger partial charge in [-0.25, -0.2) is 0 Å². The molecule has 2 unspecified atom stereocenters. The highest BCUT2D eigenvalue weighted by molar-refractivity contribution is 8.00. The van der Waals surface area contributed by atoms with Crippen LogP contribution < -0.4 is 11.3 Å². The van der Waals surface area contributed by atoms with Crippen molar-refractivity contribution in [2.24, 2.45) is 5.84 Å². The molecule has 3 N–H and O–H groups in total. The summed E-state index contributed by atoms with van der Waals surface area (Å²) in [5.74, 6) is 7.93. The van der Waals surface area contributed by atoms with Crippen LogP contribution in [-0.4, -0.2) is 10.5 Å². The summed E-state index contributed by atoms with van der Waals surface area (Å²) in [4.78, 5) is 0. The van der Waals surface area contributed by atoms with Crippen molar-refractivity contribution in [2.45, 2.75) is 55.7 Å². The van der Waals surface area contributed by atoms with Gasteiger partial charge in [0.15, 0.2) is 0 Å². The maximum atomic E-state index is 5.88. The molecule has 2 atom stereocenters. The Morgan fingerprint density at radius 1 is 1.37 bits per heavy atom. The van der Waals surface area contributed by atoms with Crippen molar-refractivity contribution < 1.29 is 0 Å². The monoisotopic (exact) mass is 276 g/mol. The molecule has 2 aliphatic rings. The molecule has 1 aliphatic carbocycles. The second-order valence-corrected chi connectivity index (χ2v) is 7.79. The van der Waals surface area contributed by atoms with Gasteiger partial charge < -0.3 is 0 Å². The molecular formula is C16H24N2S. The number of rotatable bonds is 4. The van der Waals surface area contributed by atoms with Gasteiger partial charge in [-0.3, -0.25) is 11.3 Å². The molecule has 0 spiro atoms. The number of nitrogens with one attached hydrogen (secondary N) is 1. The van der Waals surface area contributed by atoms with Crippen molar-refractivity contribution in [1.29, 1.82) is 0 Å². The molecule has 1 saturated carbocycles. The molecule has 1 saturated heterocycles. The van der Waals surface area contributed by atoms with Crippen LogP contribution in [0, 0.1) is 0 Å². The molecule has 19 heavy (non-hydrogen) atoms. The van der Waals surface area contributed by atoms with Gasteiger partial charge in [-0.2, -0.15) is 11.8 Å². The van der Waals surface area contributed by atoms with Gasteiger partial charge in [0, 0.05) is 4.75 Å². The van der Waals surface area contributed by atoms with Crippen molar-refractivity contribution in [2.75, 3.05) is 5.75 Å². The van der Waals surface area contributed by atoms with Crippen LogP contribution in [-0.2, 0) is 0 Å². The zero-order valence-corrected chi connectivity index (χ0v) is 12.5. The zero-order chi connectivity index (χ0) is 13.3. The number of hydrogen-bond donors (Lipinski definition) is 2.